The molecular weight excluding hydrogens is 360 g/mol. The average Bonchev–Trinajstić information content (AvgIpc) is 2.99. The first-order valence-corrected chi connectivity index (χ1v) is 9.51. The van der Waals surface area contributed by atoms with Crippen molar-refractivity contribution in [3.63, 3.8) is 0 Å². The van der Waals surface area contributed by atoms with Crippen molar-refractivity contribution < 1.29 is 0 Å². The fraction of sp³-hybridized carbons (Fsp3) is 0.438. The van der Waals surface area contributed by atoms with Gasteiger partial charge in [0, 0.05) is 16.1 Å². The summed E-state index contributed by atoms with van der Waals surface area (Å²) < 4.78 is 3.07. The van der Waals surface area contributed by atoms with E-state index < -0.39 is 0 Å². The molecule has 4 rings (SSSR count). The van der Waals surface area contributed by atoms with Crippen LogP contribution >= 0.6 is 27.7 Å². The molecule has 0 N–H and O–H groups in total. The Morgan fingerprint density at radius 1 is 1.14 bits per heavy atom. The first-order valence-electron chi connectivity index (χ1n) is 7.73. The molecule has 6 heteroatoms. The van der Waals surface area contributed by atoms with Gasteiger partial charge in [0.1, 0.15) is 0 Å². The van der Waals surface area contributed by atoms with Crippen LogP contribution in [0.25, 0.3) is 0 Å². The molecule has 0 unspecified atom stereocenters. The van der Waals surface area contributed by atoms with Crippen molar-refractivity contribution in [2.45, 2.75) is 43.2 Å². The summed E-state index contributed by atoms with van der Waals surface area (Å²) in [5.41, 5.74) is 2.26. The van der Waals surface area contributed by atoms with Crippen molar-refractivity contribution in [2.75, 3.05) is 5.75 Å². The summed E-state index contributed by atoms with van der Waals surface area (Å²) in [5.74, 6) is 2.41. The van der Waals surface area contributed by atoms with E-state index in [9.17, 15) is 0 Å². The van der Waals surface area contributed by atoms with Crippen LogP contribution in [0.3, 0.4) is 0 Å². The van der Waals surface area contributed by atoms with Crippen LogP contribution in [0.5, 0.6) is 0 Å². The third-order valence-electron chi connectivity index (χ3n) is 4.32. The molecule has 0 bridgehead atoms. The van der Waals surface area contributed by atoms with E-state index in [1.165, 1.54) is 32.1 Å². The summed E-state index contributed by atoms with van der Waals surface area (Å²) in [6.45, 7) is 0. The van der Waals surface area contributed by atoms with Crippen LogP contribution in [-0.4, -0.2) is 26.3 Å². The van der Waals surface area contributed by atoms with Gasteiger partial charge in [0.2, 0.25) is 5.16 Å². The number of aromatic nitrogens is 3. The molecule has 114 valence electrons. The highest BCUT2D eigenvalue weighted by atomic mass is 79.9. The number of nitrogens with zero attached hydrogens (tertiary/aromatic N) is 4. The number of hydrogen-bond acceptors (Lipinski definition) is 4. The molecule has 2 heterocycles. The Balaban J connectivity index is 1.70. The largest absolute Gasteiger partial charge is 0.212 e. The van der Waals surface area contributed by atoms with Crippen LogP contribution in [0.15, 0.2) is 39.0 Å². The highest BCUT2D eigenvalue weighted by Gasteiger charge is 2.26. The van der Waals surface area contributed by atoms with E-state index in [4.69, 9.17) is 5.10 Å². The van der Waals surface area contributed by atoms with Gasteiger partial charge in [0.25, 0.3) is 0 Å². The van der Waals surface area contributed by atoms with Gasteiger partial charge in [-0.2, -0.15) is 9.78 Å². The Hall–Kier alpha value is -1.14. The second kappa shape index (κ2) is 6.16. The van der Waals surface area contributed by atoms with Gasteiger partial charge >= 0.3 is 0 Å². The van der Waals surface area contributed by atoms with Crippen LogP contribution in [0.2, 0.25) is 0 Å². The molecule has 0 amide bonds. The number of hydrogen-bond donors (Lipinski definition) is 0. The van der Waals surface area contributed by atoms with E-state index in [1.807, 2.05) is 10.7 Å². The van der Waals surface area contributed by atoms with Crippen LogP contribution < -0.4 is 0 Å². The third-order valence-corrected chi connectivity index (χ3v) is 5.75. The van der Waals surface area contributed by atoms with Crippen LogP contribution in [0.1, 0.15) is 49.4 Å². The number of halogens is 1. The molecule has 0 radical (unpaired) electrons. The highest BCUT2D eigenvalue weighted by molar-refractivity contribution is 9.10. The van der Waals surface area contributed by atoms with Gasteiger partial charge in [-0.1, -0.05) is 59.1 Å². The molecule has 1 aromatic heterocycles. The van der Waals surface area contributed by atoms with Crippen LogP contribution in [0, 0.1) is 0 Å². The second-order valence-corrected chi connectivity index (χ2v) is 7.69. The molecule has 0 saturated heterocycles. The second-order valence-electron chi connectivity index (χ2n) is 5.83. The molecule has 4 nitrogen and oxygen atoms in total. The van der Waals surface area contributed by atoms with Crippen molar-refractivity contribution in [2.24, 2.45) is 5.10 Å². The smallest absolute Gasteiger partial charge is 0.191 e. The molecule has 2 aliphatic rings. The standard InChI is InChI=1S/C16H17BrN4S/c17-13-8-4-7-12(9-13)14-10-22-16-19-18-15(21(16)20-14)11-5-2-1-3-6-11/h4,7-9,11H,1-3,5-6,10H2. The minimum atomic E-state index is 0.515. The third kappa shape index (κ3) is 2.74. The molecule has 22 heavy (non-hydrogen) atoms. The average molecular weight is 377 g/mol. The zero-order valence-electron chi connectivity index (χ0n) is 12.2. The molecule has 0 atom stereocenters. The van der Waals surface area contributed by atoms with Crippen LogP contribution in [0.4, 0.5) is 0 Å². The summed E-state index contributed by atoms with van der Waals surface area (Å²) in [5, 5.41) is 14.6. The van der Waals surface area contributed by atoms with Crippen molar-refractivity contribution in [3.8, 4) is 0 Å². The van der Waals surface area contributed by atoms with E-state index in [-0.39, 0.29) is 0 Å². The van der Waals surface area contributed by atoms with E-state index in [0.29, 0.717) is 5.92 Å². The molecule has 1 aliphatic heterocycles. The maximum Gasteiger partial charge on any atom is 0.212 e. The molecule has 2 aromatic rings. The van der Waals surface area contributed by atoms with Crippen molar-refractivity contribution in [3.05, 3.63) is 40.1 Å². The molecule has 1 fully saturated rings. The zero-order chi connectivity index (χ0) is 14.9. The van der Waals surface area contributed by atoms with Gasteiger partial charge < -0.3 is 0 Å². The van der Waals surface area contributed by atoms with Crippen molar-refractivity contribution >= 4 is 33.4 Å². The molecular formula is C16H17BrN4S. The van der Waals surface area contributed by atoms with E-state index in [2.05, 4.69) is 44.3 Å². The fourth-order valence-electron chi connectivity index (χ4n) is 3.17. The zero-order valence-corrected chi connectivity index (χ0v) is 14.6. The number of thioether (sulfide) groups is 1. The summed E-state index contributed by atoms with van der Waals surface area (Å²) in [7, 11) is 0. The van der Waals surface area contributed by atoms with E-state index >= 15 is 0 Å². The molecule has 1 aromatic carbocycles. The highest BCUT2D eigenvalue weighted by Crippen LogP contribution is 2.34. The minimum Gasteiger partial charge on any atom is -0.191 e. The maximum absolute atomic E-state index is 4.86. The predicted molar refractivity (Wildman–Crippen MR) is 92.6 cm³/mol. The Morgan fingerprint density at radius 3 is 2.82 bits per heavy atom. The lowest BCUT2D eigenvalue weighted by Gasteiger charge is -2.21. The Kier molecular flexibility index (Phi) is 4.05. The topological polar surface area (TPSA) is 43.1 Å². The molecule has 1 saturated carbocycles. The molecule has 0 spiro atoms. The van der Waals surface area contributed by atoms with Gasteiger partial charge in [-0.25, -0.2) is 0 Å². The molecule has 1 aliphatic carbocycles. The number of fused-ring (bicyclic) bond motifs is 1. The lowest BCUT2D eigenvalue weighted by Crippen LogP contribution is -2.17. The van der Waals surface area contributed by atoms with Gasteiger partial charge in [-0.3, -0.25) is 0 Å². The number of rotatable bonds is 2. The van der Waals surface area contributed by atoms with E-state index in [0.717, 1.165) is 32.5 Å². The summed E-state index contributed by atoms with van der Waals surface area (Å²) in [6, 6.07) is 8.32. The van der Waals surface area contributed by atoms with Gasteiger partial charge in [-0.05, 0) is 30.5 Å². The van der Waals surface area contributed by atoms with E-state index in [1.54, 1.807) is 11.8 Å². The lowest BCUT2D eigenvalue weighted by atomic mass is 9.89. The normalized spacial score (nSPS) is 18.9. The quantitative estimate of drug-likeness (QED) is 0.777. The Bertz CT molecular complexity index is 719. The van der Waals surface area contributed by atoms with Crippen LogP contribution in [-0.2, 0) is 0 Å². The minimum absolute atomic E-state index is 0.515. The first kappa shape index (κ1) is 14.5. The lowest BCUT2D eigenvalue weighted by molar-refractivity contribution is 0.417. The Labute approximate surface area is 142 Å². The number of benzene rings is 1. The summed E-state index contributed by atoms with van der Waals surface area (Å²) in [4.78, 5) is 0. The first-order chi connectivity index (χ1) is 10.8. The SMILES string of the molecule is Brc1cccc(C2=Nn3c(nnc3C3CCCCC3)SC2)c1. The fourth-order valence-corrected chi connectivity index (χ4v) is 4.41. The predicted octanol–water partition coefficient (Wildman–Crippen LogP) is 4.45. The van der Waals surface area contributed by atoms with Crippen molar-refractivity contribution in [1.29, 1.82) is 0 Å². The van der Waals surface area contributed by atoms with Gasteiger partial charge in [0.15, 0.2) is 5.82 Å². The monoisotopic (exact) mass is 376 g/mol. The maximum atomic E-state index is 4.86. The van der Waals surface area contributed by atoms with Gasteiger partial charge in [0.05, 0.1) is 5.71 Å². The summed E-state index contributed by atoms with van der Waals surface area (Å²) >= 11 is 5.26. The summed E-state index contributed by atoms with van der Waals surface area (Å²) in [6.07, 6.45) is 6.36. The van der Waals surface area contributed by atoms with Crippen molar-refractivity contribution in [1.82, 2.24) is 14.9 Å². The van der Waals surface area contributed by atoms with Gasteiger partial charge in [-0.15, -0.1) is 10.2 Å². The Morgan fingerprint density at radius 2 is 2.00 bits per heavy atom.